The molecule has 0 saturated heterocycles. The summed E-state index contributed by atoms with van der Waals surface area (Å²) in [5, 5.41) is 6.19. The maximum Gasteiger partial charge on any atom is 0.313 e. The summed E-state index contributed by atoms with van der Waals surface area (Å²) in [6.45, 7) is 0.453. The lowest BCUT2D eigenvalue weighted by molar-refractivity contribution is -0.136. The molecule has 1 aromatic heterocycles. The van der Waals surface area contributed by atoms with E-state index in [0.29, 0.717) is 17.7 Å². The van der Waals surface area contributed by atoms with Gasteiger partial charge in [0.05, 0.1) is 11.2 Å². The van der Waals surface area contributed by atoms with Crippen LogP contribution in [0.1, 0.15) is 12.0 Å². The molecule has 5 heteroatoms. The van der Waals surface area contributed by atoms with Gasteiger partial charge in [-0.05, 0) is 30.5 Å². The highest BCUT2D eigenvalue weighted by Gasteiger charge is 2.14. The van der Waals surface area contributed by atoms with E-state index in [2.05, 4.69) is 15.6 Å². The zero-order valence-corrected chi connectivity index (χ0v) is 13.7. The van der Waals surface area contributed by atoms with Crippen LogP contribution < -0.4 is 10.6 Å². The number of hydrogen-bond donors (Lipinski definition) is 2. The van der Waals surface area contributed by atoms with Crippen molar-refractivity contribution in [2.45, 2.75) is 12.8 Å². The van der Waals surface area contributed by atoms with E-state index in [1.54, 1.807) is 12.3 Å². The molecule has 0 atom stereocenters. The number of nitrogens with zero attached hydrogens (tertiary/aromatic N) is 1. The number of fused-ring (bicyclic) bond motifs is 1. The predicted octanol–water partition coefficient (Wildman–Crippen LogP) is 2.92. The summed E-state index contributed by atoms with van der Waals surface area (Å²) in [5.74, 6) is -1.32. The number of benzene rings is 2. The molecule has 2 amide bonds. The molecule has 3 aromatic rings. The SMILES string of the molecule is O=C(NCCCc1ccccc1)C(=O)Nc1cccc2cccnc12. The number of nitrogens with one attached hydrogen (secondary N) is 2. The molecule has 1 heterocycles. The van der Waals surface area contributed by atoms with Gasteiger partial charge in [-0.2, -0.15) is 0 Å². The minimum Gasteiger partial charge on any atom is -0.348 e. The van der Waals surface area contributed by atoms with Gasteiger partial charge in [0.1, 0.15) is 0 Å². The Hall–Kier alpha value is -3.21. The van der Waals surface area contributed by atoms with E-state index in [0.717, 1.165) is 18.2 Å². The summed E-state index contributed by atoms with van der Waals surface area (Å²) in [7, 11) is 0. The van der Waals surface area contributed by atoms with Gasteiger partial charge >= 0.3 is 11.8 Å². The monoisotopic (exact) mass is 333 g/mol. The Bertz CT molecular complexity index is 873. The van der Waals surface area contributed by atoms with E-state index in [1.807, 2.05) is 54.6 Å². The van der Waals surface area contributed by atoms with E-state index in [4.69, 9.17) is 0 Å². The first-order valence-corrected chi connectivity index (χ1v) is 8.21. The minimum atomic E-state index is -0.683. The molecule has 3 rings (SSSR count). The van der Waals surface area contributed by atoms with Crippen LogP contribution in [0, 0.1) is 0 Å². The molecule has 2 aromatic carbocycles. The van der Waals surface area contributed by atoms with Gasteiger partial charge in [0.2, 0.25) is 0 Å². The Balaban J connectivity index is 1.51. The summed E-state index contributed by atoms with van der Waals surface area (Å²) >= 11 is 0. The summed E-state index contributed by atoms with van der Waals surface area (Å²) in [4.78, 5) is 28.3. The van der Waals surface area contributed by atoms with Gasteiger partial charge in [0.15, 0.2) is 0 Å². The molecule has 0 saturated carbocycles. The van der Waals surface area contributed by atoms with Gasteiger partial charge in [-0.25, -0.2) is 0 Å². The number of rotatable bonds is 5. The van der Waals surface area contributed by atoms with Crippen molar-refractivity contribution in [3.05, 3.63) is 72.4 Å². The Morgan fingerprint density at radius 1 is 0.880 bits per heavy atom. The van der Waals surface area contributed by atoms with Crippen molar-refractivity contribution in [2.24, 2.45) is 0 Å². The van der Waals surface area contributed by atoms with Crippen LogP contribution >= 0.6 is 0 Å². The molecule has 5 nitrogen and oxygen atoms in total. The van der Waals surface area contributed by atoms with Crippen LogP contribution in [0.4, 0.5) is 5.69 Å². The number of aromatic nitrogens is 1. The van der Waals surface area contributed by atoms with Crippen LogP contribution in [0.15, 0.2) is 66.9 Å². The van der Waals surface area contributed by atoms with Crippen molar-refractivity contribution in [1.29, 1.82) is 0 Å². The van der Waals surface area contributed by atoms with Crippen molar-refractivity contribution < 1.29 is 9.59 Å². The predicted molar refractivity (Wildman–Crippen MR) is 98.1 cm³/mol. The smallest absolute Gasteiger partial charge is 0.313 e. The van der Waals surface area contributed by atoms with Gasteiger partial charge in [-0.1, -0.05) is 48.5 Å². The van der Waals surface area contributed by atoms with Crippen LogP contribution in [0.2, 0.25) is 0 Å². The van der Waals surface area contributed by atoms with Crippen molar-refractivity contribution in [3.63, 3.8) is 0 Å². The number of para-hydroxylation sites is 1. The fraction of sp³-hybridized carbons (Fsp3) is 0.150. The van der Waals surface area contributed by atoms with Crippen LogP contribution in [-0.2, 0) is 16.0 Å². The fourth-order valence-electron chi connectivity index (χ4n) is 2.60. The summed E-state index contributed by atoms with van der Waals surface area (Å²) in [6.07, 6.45) is 3.29. The van der Waals surface area contributed by atoms with Gasteiger partial charge in [0.25, 0.3) is 0 Å². The maximum atomic E-state index is 12.1. The van der Waals surface area contributed by atoms with Crippen molar-refractivity contribution in [1.82, 2.24) is 10.3 Å². The molecule has 0 aliphatic rings. The number of pyridine rings is 1. The van der Waals surface area contributed by atoms with E-state index < -0.39 is 11.8 Å². The van der Waals surface area contributed by atoms with Crippen molar-refractivity contribution in [3.8, 4) is 0 Å². The van der Waals surface area contributed by atoms with Crippen LogP contribution in [0.5, 0.6) is 0 Å². The van der Waals surface area contributed by atoms with Gasteiger partial charge in [0, 0.05) is 18.1 Å². The highest BCUT2D eigenvalue weighted by atomic mass is 16.2. The molecule has 126 valence electrons. The molecular formula is C20H19N3O2. The second-order valence-corrected chi connectivity index (χ2v) is 5.68. The molecular weight excluding hydrogens is 314 g/mol. The second kappa shape index (κ2) is 8.06. The Morgan fingerprint density at radius 3 is 2.52 bits per heavy atom. The van der Waals surface area contributed by atoms with Crippen molar-refractivity contribution >= 4 is 28.4 Å². The highest BCUT2D eigenvalue weighted by Crippen LogP contribution is 2.20. The first-order chi connectivity index (χ1) is 12.2. The summed E-state index contributed by atoms with van der Waals surface area (Å²) in [5.41, 5.74) is 2.40. The maximum absolute atomic E-state index is 12.1. The third-order valence-corrected chi connectivity index (χ3v) is 3.86. The largest absolute Gasteiger partial charge is 0.348 e. The molecule has 0 fully saturated rings. The molecule has 0 aliphatic heterocycles. The van der Waals surface area contributed by atoms with Crippen LogP contribution in [-0.4, -0.2) is 23.3 Å². The van der Waals surface area contributed by atoms with E-state index >= 15 is 0 Å². The molecule has 2 N–H and O–H groups in total. The lowest BCUT2D eigenvalue weighted by atomic mass is 10.1. The zero-order valence-electron chi connectivity index (χ0n) is 13.7. The number of amides is 2. The average molecular weight is 333 g/mol. The van der Waals surface area contributed by atoms with Crippen LogP contribution in [0.3, 0.4) is 0 Å². The molecule has 0 unspecified atom stereocenters. The number of anilines is 1. The highest BCUT2D eigenvalue weighted by molar-refractivity contribution is 6.40. The number of carbonyl (C=O) groups excluding carboxylic acids is 2. The normalized spacial score (nSPS) is 10.4. The van der Waals surface area contributed by atoms with E-state index in [-0.39, 0.29) is 0 Å². The van der Waals surface area contributed by atoms with Gasteiger partial charge < -0.3 is 10.6 Å². The van der Waals surface area contributed by atoms with Gasteiger partial charge in [-0.15, -0.1) is 0 Å². The lowest BCUT2D eigenvalue weighted by Gasteiger charge is -2.08. The lowest BCUT2D eigenvalue weighted by Crippen LogP contribution is -2.36. The zero-order chi connectivity index (χ0) is 17.5. The Labute approximate surface area is 146 Å². The number of carbonyl (C=O) groups is 2. The second-order valence-electron chi connectivity index (χ2n) is 5.68. The van der Waals surface area contributed by atoms with E-state index in [1.165, 1.54) is 5.56 Å². The first-order valence-electron chi connectivity index (χ1n) is 8.21. The third-order valence-electron chi connectivity index (χ3n) is 3.86. The fourth-order valence-corrected chi connectivity index (χ4v) is 2.60. The average Bonchev–Trinajstić information content (AvgIpc) is 2.66. The summed E-state index contributed by atoms with van der Waals surface area (Å²) < 4.78 is 0. The molecule has 0 radical (unpaired) electrons. The molecule has 0 bridgehead atoms. The minimum absolute atomic E-state index is 0.453. The Kier molecular flexibility index (Phi) is 5.36. The molecule has 0 aliphatic carbocycles. The van der Waals surface area contributed by atoms with Gasteiger partial charge in [-0.3, -0.25) is 14.6 Å². The third kappa shape index (κ3) is 4.41. The summed E-state index contributed by atoms with van der Waals surface area (Å²) in [6, 6.07) is 19.2. The van der Waals surface area contributed by atoms with Crippen LogP contribution in [0.25, 0.3) is 10.9 Å². The Morgan fingerprint density at radius 2 is 1.68 bits per heavy atom. The molecule has 0 spiro atoms. The topological polar surface area (TPSA) is 71.1 Å². The quantitative estimate of drug-likeness (QED) is 0.557. The number of hydrogen-bond acceptors (Lipinski definition) is 3. The standard InChI is InChI=1S/C20H19N3O2/c24-19(22-14-5-9-15-7-2-1-3-8-15)20(25)23-17-12-4-10-16-11-6-13-21-18(16)17/h1-4,6-8,10-13H,5,9,14H2,(H,22,24)(H,23,25). The van der Waals surface area contributed by atoms with E-state index in [9.17, 15) is 9.59 Å². The first kappa shape index (κ1) is 16.6. The van der Waals surface area contributed by atoms with Crippen molar-refractivity contribution in [2.75, 3.05) is 11.9 Å². The number of aryl methyl sites for hydroxylation is 1. The molecule has 25 heavy (non-hydrogen) atoms.